The van der Waals surface area contributed by atoms with Crippen LogP contribution in [-0.4, -0.2) is 0 Å². The molecular formula is C56H53N. The fourth-order valence-corrected chi connectivity index (χ4v) is 11.8. The molecule has 2 bridgehead atoms. The molecule has 0 heterocycles. The minimum absolute atomic E-state index is 0.148. The summed E-state index contributed by atoms with van der Waals surface area (Å²) >= 11 is 0. The summed E-state index contributed by atoms with van der Waals surface area (Å²) in [5.41, 5.74) is 17.3. The number of rotatable bonds is 7. The van der Waals surface area contributed by atoms with Gasteiger partial charge in [0.2, 0.25) is 0 Å². The summed E-state index contributed by atoms with van der Waals surface area (Å²) in [4.78, 5) is 2.57. The van der Waals surface area contributed by atoms with E-state index in [1.165, 1.54) is 136 Å². The monoisotopic (exact) mass is 739 g/mol. The first-order chi connectivity index (χ1) is 28.0. The minimum Gasteiger partial charge on any atom is -0.310 e. The van der Waals surface area contributed by atoms with Crippen LogP contribution in [0.5, 0.6) is 0 Å². The molecule has 11 rings (SSSR count). The molecule has 57 heavy (non-hydrogen) atoms. The zero-order valence-electron chi connectivity index (χ0n) is 33.6. The van der Waals surface area contributed by atoms with Crippen molar-refractivity contribution in [1.82, 2.24) is 0 Å². The van der Waals surface area contributed by atoms with Crippen molar-refractivity contribution in [1.29, 1.82) is 0 Å². The van der Waals surface area contributed by atoms with E-state index in [-0.39, 0.29) is 5.41 Å². The molecule has 7 aromatic rings. The zero-order valence-corrected chi connectivity index (χ0v) is 33.6. The maximum Gasteiger partial charge on any atom is 0.0540 e. The summed E-state index contributed by atoms with van der Waals surface area (Å²) in [7, 11) is 0. The van der Waals surface area contributed by atoms with Gasteiger partial charge in [-0.2, -0.15) is 0 Å². The van der Waals surface area contributed by atoms with E-state index in [4.69, 9.17) is 0 Å². The first-order valence-corrected chi connectivity index (χ1v) is 21.9. The topological polar surface area (TPSA) is 3.24 Å². The van der Waals surface area contributed by atoms with Crippen molar-refractivity contribution in [2.75, 3.05) is 4.90 Å². The van der Waals surface area contributed by atoms with Crippen molar-refractivity contribution in [2.45, 2.75) is 88.9 Å². The van der Waals surface area contributed by atoms with Crippen LogP contribution in [0.4, 0.5) is 17.1 Å². The molecule has 7 aromatic carbocycles. The van der Waals surface area contributed by atoms with E-state index in [1.807, 2.05) is 0 Å². The highest BCUT2D eigenvalue weighted by atomic mass is 15.1. The molecule has 1 heteroatoms. The molecule has 1 nitrogen and oxygen atoms in total. The van der Waals surface area contributed by atoms with Gasteiger partial charge in [-0.05, 0) is 147 Å². The van der Waals surface area contributed by atoms with Gasteiger partial charge in [-0.15, -0.1) is 0 Å². The highest BCUT2D eigenvalue weighted by molar-refractivity contribution is 6.02. The number of anilines is 3. The van der Waals surface area contributed by atoms with Gasteiger partial charge in [0.25, 0.3) is 0 Å². The first-order valence-electron chi connectivity index (χ1n) is 21.9. The van der Waals surface area contributed by atoms with Crippen LogP contribution < -0.4 is 4.90 Å². The lowest BCUT2D eigenvalue weighted by molar-refractivity contribution is 0.422. The van der Waals surface area contributed by atoms with Gasteiger partial charge >= 0.3 is 0 Å². The molecule has 3 unspecified atom stereocenters. The molecule has 0 N–H and O–H groups in total. The quantitative estimate of drug-likeness (QED) is 0.157. The van der Waals surface area contributed by atoms with Crippen LogP contribution in [0, 0.1) is 11.8 Å². The van der Waals surface area contributed by atoms with Crippen LogP contribution >= 0.6 is 0 Å². The lowest BCUT2D eigenvalue weighted by atomic mass is 9.81. The molecule has 4 aliphatic carbocycles. The summed E-state index contributed by atoms with van der Waals surface area (Å²) in [6, 6.07) is 58.1. The van der Waals surface area contributed by atoms with Crippen LogP contribution in [0.1, 0.15) is 106 Å². The SMILES string of the molecule is CC1(C)c2cc(N(c3ccc(C4CCCCC4)cc3)c3ccc(C4CC5CCC4C5)c4ccccc34)ccc2-c2c(-c3ccc(-c4ccccc4)cc3)cccc21. The highest BCUT2D eigenvalue weighted by Crippen LogP contribution is 2.56. The molecule has 0 saturated heterocycles. The standard InChI is InChI=1S/C56H53N/c1-56(2)52-19-11-18-46(42-24-22-40(23-25-42)38-12-5-3-6-13-38)55(52)50-31-30-45(36-53(50)56)57(44-28-26-41(27-29-44)39-14-7-4-8-15-39)54-33-32-48(47-16-9-10-17-49(47)54)51-35-37-20-21-43(51)34-37/h3,5-6,9-13,16-19,22-33,36-37,39,43,51H,4,7-8,14-15,20-21,34-35H2,1-2H3. The Hall–Kier alpha value is -5.40. The highest BCUT2D eigenvalue weighted by Gasteiger charge is 2.41. The normalized spacial score (nSPS) is 20.8. The van der Waals surface area contributed by atoms with E-state index in [0.29, 0.717) is 11.8 Å². The second-order valence-electron chi connectivity index (χ2n) is 18.3. The van der Waals surface area contributed by atoms with E-state index >= 15 is 0 Å². The molecule has 282 valence electrons. The van der Waals surface area contributed by atoms with Crippen molar-refractivity contribution in [3.63, 3.8) is 0 Å². The zero-order chi connectivity index (χ0) is 38.1. The average Bonchev–Trinajstić information content (AvgIpc) is 3.97. The number of nitrogens with zero attached hydrogens (tertiary/aromatic N) is 1. The van der Waals surface area contributed by atoms with E-state index in [1.54, 1.807) is 5.56 Å². The van der Waals surface area contributed by atoms with E-state index in [2.05, 4.69) is 170 Å². The summed E-state index contributed by atoms with van der Waals surface area (Å²) in [6.45, 7) is 4.85. The van der Waals surface area contributed by atoms with Crippen molar-refractivity contribution < 1.29 is 0 Å². The van der Waals surface area contributed by atoms with Gasteiger partial charge in [0.05, 0.1) is 5.69 Å². The van der Waals surface area contributed by atoms with Gasteiger partial charge in [-0.1, -0.05) is 161 Å². The molecule has 3 atom stereocenters. The van der Waals surface area contributed by atoms with Crippen LogP contribution in [0.2, 0.25) is 0 Å². The maximum absolute atomic E-state index is 2.57. The number of benzene rings is 7. The van der Waals surface area contributed by atoms with Crippen molar-refractivity contribution in [3.8, 4) is 33.4 Å². The number of hydrogen-bond acceptors (Lipinski definition) is 1. The summed E-state index contributed by atoms with van der Waals surface area (Å²) < 4.78 is 0. The third-order valence-electron chi connectivity index (χ3n) is 14.8. The largest absolute Gasteiger partial charge is 0.310 e. The molecule has 0 amide bonds. The lowest BCUT2D eigenvalue weighted by Gasteiger charge is -2.31. The second kappa shape index (κ2) is 13.9. The third kappa shape index (κ3) is 5.88. The van der Waals surface area contributed by atoms with Crippen LogP contribution in [0.15, 0.2) is 152 Å². The average molecular weight is 740 g/mol. The van der Waals surface area contributed by atoms with Crippen molar-refractivity contribution in [2.24, 2.45) is 11.8 Å². The predicted molar refractivity (Wildman–Crippen MR) is 241 cm³/mol. The third-order valence-corrected chi connectivity index (χ3v) is 14.8. The van der Waals surface area contributed by atoms with Gasteiger partial charge in [0.1, 0.15) is 0 Å². The molecular weight excluding hydrogens is 687 g/mol. The number of fused-ring (bicyclic) bond motifs is 6. The van der Waals surface area contributed by atoms with Crippen molar-refractivity contribution in [3.05, 3.63) is 174 Å². The Labute approximate surface area is 339 Å². The van der Waals surface area contributed by atoms with Gasteiger partial charge in [-0.25, -0.2) is 0 Å². The summed E-state index contributed by atoms with van der Waals surface area (Å²) in [5.74, 6) is 3.14. The predicted octanol–water partition coefficient (Wildman–Crippen LogP) is 15.9. The molecule has 0 aliphatic heterocycles. The van der Waals surface area contributed by atoms with Crippen LogP contribution in [0.25, 0.3) is 44.2 Å². The summed E-state index contributed by atoms with van der Waals surface area (Å²) in [5, 5.41) is 2.80. The molecule has 0 spiro atoms. The Morgan fingerprint density at radius 3 is 1.98 bits per heavy atom. The minimum atomic E-state index is -0.148. The van der Waals surface area contributed by atoms with E-state index in [9.17, 15) is 0 Å². The Balaban J connectivity index is 1.03. The Bertz CT molecular complexity index is 2590. The second-order valence-corrected chi connectivity index (χ2v) is 18.3. The van der Waals surface area contributed by atoms with Gasteiger partial charge in [-0.3, -0.25) is 0 Å². The fourth-order valence-electron chi connectivity index (χ4n) is 11.8. The van der Waals surface area contributed by atoms with Gasteiger partial charge < -0.3 is 4.90 Å². The Morgan fingerprint density at radius 1 is 0.509 bits per heavy atom. The summed E-state index contributed by atoms with van der Waals surface area (Å²) in [6.07, 6.45) is 12.3. The maximum atomic E-state index is 2.57. The van der Waals surface area contributed by atoms with Gasteiger partial charge in [0.15, 0.2) is 0 Å². The van der Waals surface area contributed by atoms with Crippen molar-refractivity contribution >= 4 is 27.8 Å². The van der Waals surface area contributed by atoms with Gasteiger partial charge in [0, 0.05) is 22.2 Å². The Morgan fingerprint density at radius 2 is 1.23 bits per heavy atom. The molecule has 0 radical (unpaired) electrons. The number of hydrogen-bond donors (Lipinski definition) is 0. The smallest absolute Gasteiger partial charge is 0.0540 e. The van der Waals surface area contributed by atoms with E-state index in [0.717, 1.165) is 11.8 Å². The molecule has 3 saturated carbocycles. The lowest BCUT2D eigenvalue weighted by Crippen LogP contribution is -2.17. The fraction of sp³-hybridized carbons (Fsp3) is 0.286. The molecule has 0 aromatic heterocycles. The van der Waals surface area contributed by atoms with E-state index < -0.39 is 0 Å². The molecule has 4 aliphatic rings. The Kier molecular flexibility index (Phi) is 8.50. The first kappa shape index (κ1) is 34.8. The molecule has 3 fully saturated rings. The van der Waals surface area contributed by atoms with Crippen LogP contribution in [-0.2, 0) is 5.41 Å². The van der Waals surface area contributed by atoms with Crippen LogP contribution in [0.3, 0.4) is 0 Å².